The number of ketones is 2. The van der Waals surface area contributed by atoms with Gasteiger partial charge in [-0.2, -0.15) is 0 Å². The Labute approximate surface area is 247 Å². The second-order valence-corrected chi connectivity index (χ2v) is 10.6. The first kappa shape index (κ1) is 34.4. The zero-order valence-electron chi connectivity index (χ0n) is 25.1. The third-order valence-corrected chi connectivity index (χ3v) is 7.22. The number of nitrogens with one attached hydrogen (secondary N) is 2. The number of amides is 2. The number of methoxy groups -OCH3 is 2. The molecule has 0 aromatic rings. The summed E-state index contributed by atoms with van der Waals surface area (Å²) >= 11 is 0. The number of ether oxygens (including phenoxy) is 3. The van der Waals surface area contributed by atoms with Crippen molar-refractivity contribution in [1.29, 1.82) is 0 Å². The summed E-state index contributed by atoms with van der Waals surface area (Å²) in [5, 5.41) is 16.7. The number of nitrogens with two attached hydrogens (primary N) is 1. The molecule has 0 aromatic carbocycles. The van der Waals surface area contributed by atoms with Gasteiger partial charge in [-0.1, -0.05) is 44.2 Å². The highest BCUT2D eigenvalue weighted by molar-refractivity contribution is 6.23. The SMILES string of the molecule is C=CCNC1=C2C[C@H](C)C[C@H](OC)[C@@H](O)[C@H](C)/C=C(\C)[C@H](OC(N)=O)[C@H](OC)/C=C\C=C(/C)C(=O)NC(=CC1=O)C2=O. The van der Waals surface area contributed by atoms with E-state index in [-0.39, 0.29) is 41.4 Å². The van der Waals surface area contributed by atoms with Crippen LogP contribution in [0.3, 0.4) is 0 Å². The summed E-state index contributed by atoms with van der Waals surface area (Å²) in [5.41, 5.74) is 6.42. The van der Waals surface area contributed by atoms with Gasteiger partial charge in [0.1, 0.15) is 6.10 Å². The quantitative estimate of drug-likeness (QED) is 0.271. The maximum Gasteiger partial charge on any atom is 0.405 e. The molecule has 1 aliphatic heterocycles. The Morgan fingerprint density at radius 1 is 1.21 bits per heavy atom. The van der Waals surface area contributed by atoms with E-state index in [4.69, 9.17) is 19.9 Å². The van der Waals surface area contributed by atoms with Crippen LogP contribution < -0.4 is 16.4 Å². The lowest BCUT2D eigenvalue weighted by Crippen LogP contribution is -2.37. The van der Waals surface area contributed by atoms with Crippen LogP contribution in [-0.2, 0) is 28.6 Å². The molecule has 0 fully saturated rings. The molecule has 2 aliphatic rings. The molecule has 0 unspecified atom stereocenters. The van der Waals surface area contributed by atoms with Crippen molar-refractivity contribution in [2.75, 3.05) is 20.8 Å². The Bertz CT molecular complexity index is 1210. The zero-order valence-corrected chi connectivity index (χ0v) is 25.1. The molecule has 0 saturated carbocycles. The zero-order chi connectivity index (χ0) is 31.6. The normalized spacial score (nSPS) is 31.6. The third kappa shape index (κ3) is 9.10. The van der Waals surface area contributed by atoms with Crippen LogP contribution in [0.25, 0.3) is 0 Å². The number of hydrogen-bond donors (Lipinski definition) is 4. The van der Waals surface area contributed by atoms with Gasteiger partial charge in [-0.05, 0) is 38.2 Å². The van der Waals surface area contributed by atoms with E-state index in [1.54, 1.807) is 45.1 Å². The molecule has 0 aromatic heterocycles. The molecule has 1 aliphatic carbocycles. The molecule has 1 heterocycles. The number of allylic oxidation sites excluding steroid dienone is 4. The second kappa shape index (κ2) is 16.0. The van der Waals surface area contributed by atoms with Crippen molar-refractivity contribution in [1.82, 2.24) is 10.6 Å². The van der Waals surface area contributed by atoms with Crippen molar-refractivity contribution in [2.24, 2.45) is 17.6 Å². The molecule has 2 amide bonds. The average molecular weight is 586 g/mol. The average Bonchev–Trinajstić information content (AvgIpc) is 2.94. The first-order valence-electron chi connectivity index (χ1n) is 13.8. The molecule has 11 heteroatoms. The molecular weight excluding hydrogens is 542 g/mol. The minimum Gasteiger partial charge on any atom is -0.439 e. The molecule has 230 valence electrons. The number of hydrogen-bond acceptors (Lipinski definition) is 9. The standard InChI is InChI=1S/C31H43N3O8/c1-8-12-33-26-21-13-17(2)14-25(41-7)27(36)19(4)15-20(5)29(42-31(32)39)24(40-6)11-9-10-18(3)30(38)34-22(28(21)37)16-23(26)35/h8-11,15-17,19,24-25,27,29,33,36H,1,12-14H2,2-7H3,(H2,32,39)(H,34,38)/b11-9-,18-10+,20-15+/t17-,19+,24+,25-,27-,29-/m0/s1. The molecule has 0 spiro atoms. The van der Waals surface area contributed by atoms with Crippen molar-refractivity contribution in [3.8, 4) is 0 Å². The van der Waals surface area contributed by atoms with Crippen LogP contribution in [0.15, 0.2) is 71.1 Å². The summed E-state index contributed by atoms with van der Waals surface area (Å²) < 4.78 is 16.6. The molecule has 42 heavy (non-hydrogen) atoms. The number of aliphatic hydroxyl groups excluding tert-OH is 1. The van der Waals surface area contributed by atoms with Gasteiger partial charge < -0.3 is 35.7 Å². The summed E-state index contributed by atoms with van der Waals surface area (Å²) in [6, 6.07) is 0. The molecule has 5 N–H and O–H groups in total. The van der Waals surface area contributed by atoms with E-state index in [9.17, 15) is 24.3 Å². The minimum atomic E-state index is -1.00. The van der Waals surface area contributed by atoms with Gasteiger partial charge in [0.25, 0.3) is 5.91 Å². The molecule has 11 nitrogen and oxygen atoms in total. The van der Waals surface area contributed by atoms with Gasteiger partial charge in [0.15, 0.2) is 6.10 Å². The van der Waals surface area contributed by atoms with Gasteiger partial charge in [0, 0.05) is 43.9 Å². The van der Waals surface area contributed by atoms with Crippen LogP contribution in [0, 0.1) is 11.8 Å². The van der Waals surface area contributed by atoms with Gasteiger partial charge >= 0.3 is 6.09 Å². The fraction of sp³-hybridized carbons (Fsp3) is 0.484. The van der Waals surface area contributed by atoms with Crippen LogP contribution in [0.4, 0.5) is 4.79 Å². The van der Waals surface area contributed by atoms with E-state index in [1.807, 2.05) is 6.92 Å². The van der Waals surface area contributed by atoms with Crippen molar-refractivity contribution >= 4 is 23.6 Å². The van der Waals surface area contributed by atoms with Crippen molar-refractivity contribution < 1.29 is 38.5 Å². The highest BCUT2D eigenvalue weighted by atomic mass is 16.6. The fourth-order valence-electron chi connectivity index (χ4n) is 4.95. The number of rotatable bonds is 6. The topological polar surface area (TPSA) is 166 Å². The van der Waals surface area contributed by atoms with Gasteiger partial charge in [-0.25, -0.2) is 4.79 Å². The van der Waals surface area contributed by atoms with Crippen LogP contribution in [0.5, 0.6) is 0 Å². The first-order valence-corrected chi connectivity index (χ1v) is 13.8. The lowest BCUT2D eigenvalue weighted by atomic mass is 9.85. The van der Waals surface area contributed by atoms with Crippen molar-refractivity contribution in [2.45, 2.75) is 65.0 Å². The van der Waals surface area contributed by atoms with E-state index in [1.165, 1.54) is 20.3 Å². The lowest BCUT2D eigenvalue weighted by molar-refractivity contribution is -0.120. The number of Topliss-reactive ketones (excluding diaryl/α,β-unsaturated/α-hetero) is 1. The number of carbonyl (C=O) groups excluding carboxylic acids is 4. The van der Waals surface area contributed by atoms with Gasteiger partial charge in [-0.15, -0.1) is 6.58 Å². The number of aliphatic hydroxyl groups is 1. The van der Waals surface area contributed by atoms with E-state index in [0.717, 1.165) is 6.08 Å². The Hall–Kier alpha value is -3.80. The predicted octanol–water partition coefficient (Wildman–Crippen LogP) is 2.54. The third-order valence-electron chi connectivity index (χ3n) is 7.22. The lowest BCUT2D eigenvalue weighted by Gasteiger charge is -2.30. The van der Waals surface area contributed by atoms with E-state index < -0.39 is 53.9 Å². The van der Waals surface area contributed by atoms with E-state index in [2.05, 4.69) is 17.2 Å². The molecule has 6 atom stereocenters. The number of fused-ring (bicyclic) bond motifs is 2. The summed E-state index contributed by atoms with van der Waals surface area (Å²) in [4.78, 5) is 51.3. The van der Waals surface area contributed by atoms with E-state index in [0.29, 0.717) is 12.0 Å². The first-order chi connectivity index (χ1) is 19.8. The molecule has 0 saturated heterocycles. The Balaban J connectivity index is 2.62. The highest BCUT2D eigenvalue weighted by Crippen LogP contribution is 2.28. The summed E-state index contributed by atoms with van der Waals surface area (Å²) in [6.07, 6.45) is 5.34. The maximum absolute atomic E-state index is 13.5. The minimum absolute atomic E-state index is 0.132. The summed E-state index contributed by atoms with van der Waals surface area (Å²) in [7, 11) is 2.92. The summed E-state index contributed by atoms with van der Waals surface area (Å²) in [6.45, 7) is 10.9. The van der Waals surface area contributed by atoms with Crippen molar-refractivity contribution in [3.05, 3.63) is 71.1 Å². The van der Waals surface area contributed by atoms with Gasteiger partial charge in [-0.3, -0.25) is 14.4 Å². The Morgan fingerprint density at radius 2 is 1.90 bits per heavy atom. The molecular formula is C31H43N3O8. The summed E-state index contributed by atoms with van der Waals surface area (Å²) in [5.74, 6) is -2.14. The molecule has 2 bridgehead atoms. The Kier molecular flexibility index (Phi) is 13.1. The monoisotopic (exact) mass is 585 g/mol. The maximum atomic E-state index is 13.5. The fourth-order valence-corrected chi connectivity index (χ4v) is 4.95. The Morgan fingerprint density at radius 3 is 2.50 bits per heavy atom. The number of primary amides is 1. The predicted molar refractivity (Wildman–Crippen MR) is 158 cm³/mol. The van der Waals surface area contributed by atoms with Crippen LogP contribution in [0.2, 0.25) is 0 Å². The van der Waals surface area contributed by atoms with Crippen molar-refractivity contribution in [3.63, 3.8) is 0 Å². The second-order valence-electron chi connectivity index (χ2n) is 10.6. The largest absolute Gasteiger partial charge is 0.439 e. The molecule has 2 rings (SSSR count). The number of carbonyl (C=O) groups is 4. The van der Waals surface area contributed by atoms with E-state index >= 15 is 0 Å². The molecule has 0 radical (unpaired) electrons. The van der Waals surface area contributed by atoms with Gasteiger partial charge in [0.05, 0.1) is 23.6 Å². The van der Waals surface area contributed by atoms with Crippen LogP contribution in [0.1, 0.15) is 40.5 Å². The van der Waals surface area contributed by atoms with Crippen LogP contribution in [-0.4, -0.2) is 73.9 Å². The van der Waals surface area contributed by atoms with Gasteiger partial charge in [0.2, 0.25) is 11.6 Å². The highest BCUT2D eigenvalue weighted by Gasteiger charge is 2.33. The van der Waals surface area contributed by atoms with Crippen LogP contribution >= 0.6 is 0 Å². The smallest absolute Gasteiger partial charge is 0.405 e.